The van der Waals surface area contributed by atoms with Gasteiger partial charge in [-0.2, -0.15) is 5.10 Å². The summed E-state index contributed by atoms with van der Waals surface area (Å²) in [6.45, 7) is 7.81. The standard InChI is InChI=1S/C22H29N3O3/c1-4-18-7-8-25-21(28-18)12-19(24-25)22(26)23-17-11-16-10-15(9-14(2)3)5-6-20(16)27-13-17/h5-6,10,12,14,17-18H,4,7-9,11,13H2,1-3H3,(H,23,26). The lowest BCUT2D eigenvalue weighted by Gasteiger charge is -2.26. The summed E-state index contributed by atoms with van der Waals surface area (Å²) in [5.74, 6) is 2.05. The lowest BCUT2D eigenvalue weighted by atomic mass is 9.96. The van der Waals surface area contributed by atoms with E-state index >= 15 is 0 Å². The molecule has 0 saturated carbocycles. The van der Waals surface area contributed by atoms with Gasteiger partial charge in [0.15, 0.2) is 5.69 Å². The highest BCUT2D eigenvalue weighted by Crippen LogP contribution is 2.27. The Morgan fingerprint density at radius 2 is 2.21 bits per heavy atom. The monoisotopic (exact) mass is 383 g/mol. The molecule has 28 heavy (non-hydrogen) atoms. The van der Waals surface area contributed by atoms with Gasteiger partial charge in [-0.25, -0.2) is 4.68 Å². The molecule has 1 amide bonds. The van der Waals surface area contributed by atoms with E-state index in [1.165, 1.54) is 5.56 Å². The molecule has 1 N–H and O–H groups in total. The molecule has 0 bridgehead atoms. The molecule has 2 aliphatic heterocycles. The highest BCUT2D eigenvalue weighted by Gasteiger charge is 2.26. The van der Waals surface area contributed by atoms with Crippen LogP contribution in [0.25, 0.3) is 0 Å². The first kappa shape index (κ1) is 18.8. The van der Waals surface area contributed by atoms with Crippen molar-refractivity contribution >= 4 is 5.91 Å². The quantitative estimate of drug-likeness (QED) is 0.860. The Labute approximate surface area is 166 Å². The van der Waals surface area contributed by atoms with Gasteiger partial charge in [-0.3, -0.25) is 4.79 Å². The third-order valence-corrected chi connectivity index (χ3v) is 5.39. The van der Waals surface area contributed by atoms with Gasteiger partial charge in [-0.1, -0.05) is 32.9 Å². The van der Waals surface area contributed by atoms with Gasteiger partial charge in [0, 0.05) is 19.0 Å². The summed E-state index contributed by atoms with van der Waals surface area (Å²) in [6, 6.07) is 8.09. The third-order valence-electron chi connectivity index (χ3n) is 5.39. The zero-order valence-electron chi connectivity index (χ0n) is 16.9. The SMILES string of the molecule is CCC1CCn2nc(C(=O)NC3COc4ccc(CC(C)C)cc4C3)cc2O1. The van der Waals surface area contributed by atoms with Gasteiger partial charge in [-0.15, -0.1) is 0 Å². The molecule has 150 valence electrons. The van der Waals surface area contributed by atoms with Crippen LogP contribution in [0.15, 0.2) is 24.3 Å². The molecule has 0 saturated heterocycles. The first-order valence-corrected chi connectivity index (χ1v) is 10.3. The molecular formula is C22H29N3O3. The zero-order chi connectivity index (χ0) is 19.7. The minimum Gasteiger partial charge on any atom is -0.491 e. The average Bonchev–Trinajstić information content (AvgIpc) is 3.10. The summed E-state index contributed by atoms with van der Waals surface area (Å²) in [5, 5.41) is 7.49. The fraction of sp³-hybridized carbons (Fsp3) is 0.545. The first-order valence-electron chi connectivity index (χ1n) is 10.3. The van der Waals surface area contributed by atoms with Crippen LogP contribution in [0, 0.1) is 5.92 Å². The van der Waals surface area contributed by atoms with E-state index in [0.29, 0.717) is 24.1 Å². The number of carbonyl (C=O) groups is 1. The lowest BCUT2D eigenvalue weighted by Crippen LogP contribution is -2.43. The number of aryl methyl sites for hydroxylation is 1. The molecule has 2 unspecified atom stereocenters. The number of amides is 1. The van der Waals surface area contributed by atoms with Crippen molar-refractivity contribution in [2.75, 3.05) is 6.61 Å². The van der Waals surface area contributed by atoms with Gasteiger partial charge in [0.05, 0.1) is 6.04 Å². The van der Waals surface area contributed by atoms with Crippen molar-refractivity contribution in [1.29, 1.82) is 0 Å². The number of rotatable bonds is 5. The minimum atomic E-state index is -0.172. The van der Waals surface area contributed by atoms with Crippen molar-refractivity contribution < 1.29 is 14.3 Å². The molecule has 0 radical (unpaired) electrons. The summed E-state index contributed by atoms with van der Waals surface area (Å²) < 4.78 is 13.6. The number of ether oxygens (including phenoxy) is 2. The van der Waals surface area contributed by atoms with Gasteiger partial charge in [0.2, 0.25) is 5.88 Å². The van der Waals surface area contributed by atoms with E-state index in [2.05, 4.69) is 49.4 Å². The van der Waals surface area contributed by atoms with Gasteiger partial charge in [0.25, 0.3) is 5.91 Å². The highest BCUT2D eigenvalue weighted by molar-refractivity contribution is 5.92. The third kappa shape index (κ3) is 4.01. The fourth-order valence-electron chi connectivity index (χ4n) is 3.95. The normalized spacial score (nSPS) is 20.7. The predicted octanol–water partition coefficient (Wildman–Crippen LogP) is 3.38. The molecule has 6 nitrogen and oxygen atoms in total. The van der Waals surface area contributed by atoms with E-state index in [9.17, 15) is 4.79 Å². The first-order chi connectivity index (χ1) is 13.5. The van der Waals surface area contributed by atoms with E-state index in [0.717, 1.165) is 43.5 Å². The van der Waals surface area contributed by atoms with Crippen molar-refractivity contribution in [1.82, 2.24) is 15.1 Å². The molecule has 6 heteroatoms. The number of fused-ring (bicyclic) bond motifs is 2. The van der Waals surface area contributed by atoms with Crippen LogP contribution in [-0.2, 0) is 19.4 Å². The molecule has 2 atom stereocenters. The second kappa shape index (κ2) is 7.86. The van der Waals surface area contributed by atoms with Gasteiger partial charge < -0.3 is 14.8 Å². The van der Waals surface area contributed by atoms with Crippen LogP contribution in [-0.4, -0.2) is 34.4 Å². The maximum Gasteiger partial charge on any atom is 0.272 e. The Morgan fingerprint density at radius 3 is 3.00 bits per heavy atom. The largest absolute Gasteiger partial charge is 0.491 e. The summed E-state index contributed by atoms with van der Waals surface area (Å²) in [4.78, 5) is 12.7. The Morgan fingerprint density at radius 1 is 1.36 bits per heavy atom. The molecule has 4 rings (SSSR count). The summed E-state index contributed by atoms with van der Waals surface area (Å²) >= 11 is 0. The molecule has 0 aliphatic carbocycles. The summed E-state index contributed by atoms with van der Waals surface area (Å²) in [7, 11) is 0. The number of benzene rings is 1. The summed E-state index contributed by atoms with van der Waals surface area (Å²) in [6.07, 6.45) is 3.92. The van der Waals surface area contributed by atoms with Crippen LogP contribution >= 0.6 is 0 Å². The van der Waals surface area contributed by atoms with Crippen LogP contribution in [0.1, 0.15) is 55.2 Å². The maximum atomic E-state index is 12.7. The number of aromatic nitrogens is 2. The Balaban J connectivity index is 1.42. The van der Waals surface area contributed by atoms with Crippen LogP contribution in [0.2, 0.25) is 0 Å². The van der Waals surface area contributed by atoms with Gasteiger partial charge in [-0.05, 0) is 42.4 Å². The number of hydrogen-bond donors (Lipinski definition) is 1. The number of hydrogen-bond acceptors (Lipinski definition) is 4. The van der Waals surface area contributed by atoms with E-state index in [4.69, 9.17) is 9.47 Å². The van der Waals surface area contributed by atoms with Crippen LogP contribution in [0.4, 0.5) is 0 Å². The van der Waals surface area contributed by atoms with E-state index in [-0.39, 0.29) is 18.1 Å². The topological polar surface area (TPSA) is 65.4 Å². The predicted molar refractivity (Wildman–Crippen MR) is 107 cm³/mol. The van der Waals surface area contributed by atoms with E-state index < -0.39 is 0 Å². The minimum absolute atomic E-state index is 0.0580. The average molecular weight is 383 g/mol. The van der Waals surface area contributed by atoms with Crippen molar-refractivity contribution in [2.24, 2.45) is 5.92 Å². The van der Waals surface area contributed by atoms with Crippen molar-refractivity contribution in [2.45, 2.75) is 65.1 Å². The fourth-order valence-corrected chi connectivity index (χ4v) is 3.95. The molecule has 0 fully saturated rings. The Bertz CT molecular complexity index is 859. The Hall–Kier alpha value is -2.50. The molecule has 2 aromatic rings. The van der Waals surface area contributed by atoms with E-state index in [1.54, 1.807) is 10.7 Å². The van der Waals surface area contributed by atoms with Crippen molar-refractivity contribution in [3.63, 3.8) is 0 Å². The number of carbonyl (C=O) groups excluding carboxylic acids is 1. The molecule has 1 aromatic carbocycles. The lowest BCUT2D eigenvalue weighted by molar-refractivity contribution is 0.0909. The zero-order valence-corrected chi connectivity index (χ0v) is 16.9. The molecule has 1 aromatic heterocycles. The highest BCUT2D eigenvalue weighted by atomic mass is 16.5. The molecule has 2 aliphatic rings. The van der Waals surface area contributed by atoms with Gasteiger partial charge >= 0.3 is 0 Å². The smallest absolute Gasteiger partial charge is 0.272 e. The van der Waals surface area contributed by atoms with Crippen LogP contribution in [0.3, 0.4) is 0 Å². The van der Waals surface area contributed by atoms with Crippen LogP contribution in [0.5, 0.6) is 11.6 Å². The van der Waals surface area contributed by atoms with Crippen molar-refractivity contribution in [3.05, 3.63) is 41.1 Å². The van der Waals surface area contributed by atoms with Crippen molar-refractivity contribution in [3.8, 4) is 11.6 Å². The molecular weight excluding hydrogens is 354 g/mol. The van der Waals surface area contributed by atoms with Crippen LogP contribution < -0.4 is 14.8 Å². The molecule has 0 spiro atoms. The molecule has 3 heterocycles. The summed E-state index contributed by atoms with van der Waals surface area (Å²) in [5.41, 5.74) is 2.88. The number of nitrogens with zero attached hydrogens (tertiary/aromatic N) is 2. The van der Waals surface area contributed by atoms with E-state index in [1.807, 2.05) is 0 Å². The van der Waals surface area contributed by atoms with Gasteiger partial charge in [0.1, 0.15) is 18.5 Å². The maximum absolute atomic E-state index is 12.7. The number of nitrogens with one attached hydrogen (secondary N) is 1. The second-order valence-corrected chi connectivity index (χ2v) is 8.25. The Kier molecular flexibility index (Phi) is 5.29. The second-order valence-electron chi connectivity index (χ2n) is 8.25.